The molecule has 0 aromatic heterocycles. The maximum absolute atomic E-state index is 11.2. The van der Waals surface area contributed by atoms with Crippen molar-refractivity contribution in [3.63, 3.8) is 0 Å². The van der Waals surface area contributed by atoms with E-state index in [1.165, 1.54) is 13.5 Å². The van der Waals surface area contributed by atoms with E-state index in [2.05, 4.69) is 11.8 Å². The van der Waals surface area contributed by atoms with Crippen LogP contribution in [0.1, 0.15) is 26.7 Å². The Hall–Kier alpha value is -0.570. The average Bonchev–Trinajstić information content (AvgIpc) is 2.74. The summed E-state index contributed by atoms with van der Waals surface area (Å²) in [5, 5.41) is 0. The van der Waals surface area contributed by atoms with Crippen molar-refractivity contribution in [1.29, 1.82) is 0 Å². The number of carbonyl (C=O) groups is 1. The summed E-state index contributed by atoms with van der Waals surface area (Å²) < 4.78 is 4.71. The molecule has 2 atom stereocenters. The minimum atomic E-state index is -0.302. The molecule has 0 amide bonds. The van der Waals surface area contributed by atoms with Crippen LogP contribution in [0.4, 0.5) is 0 Å². The van der Waals surface area contributed by atoms with Crippen LogP contribution in [0.5, 0.6) is 0 Å². The molecule has 0 aromatic carbocycles. The van der Waals surface area contributed by atoms with Crippen molar-refractivity contribution in [2.45, 2.75) is 32.2 Å². The highest BCUT2D eigenvalue weighted by Gasteiger charge is 2.54. The molecule has 0 bridgehead atoms. The van der Waals surface area contributed by atoms with Crippen molar-refractivity contribution in [2.24, 2.45) is 0 Å². The molecule has 0 aliphatic carbocycles. The maximum atomic E-state index is 11.2. The van der Waals surface area contributed by atoms with Crippen molar-refractivity contribution >= 4 is 5.97 Å². The number of hydrogen-bond donors (Lipinski definition) is 0. The summed E-state index contributed by atoms with van der Waals surface area (Å²) in [5.41, 5.74) is -0.302. The van der Waals surface area contributed by atoms with E-state index in [4.69, 9.17) is 4.74 Å². The van der Waals surface area contributed by atoms with Gasteiger partial charge in [0.1, 0.15) is 5.54 Å². The van der Waals surface area contributed by atoms with Crippen molar-refractivity contribution in [1.82, 2.24) is 4.90 Å². The number of methoxy groups -OCH3 is 1. The van der Waals surface area contributed by atoms with E-state index < -0.39 is 0 Å². The molecule has 70 valence electrons. The number of ether oxygens (including phenoxy) is 1. The summed E-state index contributed by atoms with van der Waals surface area (Å²) in [7, 11) is 1.45. The minimum Gasteiger partial charge on any atom is -0.468 e. The highest BCUT2D eigenvalue weighted by atomic mass is 16.5. The Balaban J connectivity index is 2.32. The monoisotopic (exact) mass is 171 g/mol. The molecular weight excluding hydrogens is 154 g/mol. The van der Waals surface area contributed by atoms with Crippen LogP contribution < -0.4 is 0 Å². The van der Waals surface area contributed by atoms with E-state index in [1.807, 2.05) is 6.92 Å². The zero-order chi connectivity index (χ0) is 9.19. The summed E-state index contributed by atoms with van der Waals surface area (Å²) in [4.78, 5) is 13.4. The van der Waals surface area contributed by atoms with Crippen LogP contribution >= 0.6 is 0 Å². The Labute approximate surface area is 73.7 Å². The molecule has 1 aliphatic heterocycles. The lowest BCUT2D eigenvalue weighted by Crippen LogP contribution is -2.27. The zero-order valence-electron chi connectivity index (χ0n) is 8.09. The van der Waals surface area contributed by atoms with Crippen molar-refractivity contribution in [2.75, 3.05) is 20.2 Å². The summed E-state index contributed by atoms with van der Waals surface area (Å²) in [5.74, 6) is -0.0985. The predicted octanol–water partition coefficient (Wildman–Crippen LogP) is 1.03. The normalized spacial score (nSPS) is 33.1. The molecule has 2 unspecified atom stereocenters. The minimum absolute atomic E-state index is 0.0985. The van der Waals surface area contributed by atoms with Crippen LogP contribution in [-0.2, 0) is 9.53 Å². The Bertz CT molecular complexity index is 181. The van der Waals surface area contributed by atoms with Crippen LogP contribution in [0.3, 0.4) is 0 Å². The molecule has 1 heterocycles. The fraction of sp³-hybridized carbons (Fsp3) is 0.889. The lowest BCUT2D eigenvalue weighted by molar-refractivity contribution is -0.144. The van der Waals surface area contributed by atoms with Gasteiger partial charge < -0.3 is 4.74 Å². The largest absolute Gasteiger partial charge is 0.468 e. The SMILES string of the molecule is CCCCN1CC1(C)C(=O)OC. The van der Waals surface area contributed by atoms with E-state index >= 15 is 0 Å². The Morgan fingerprint density at radius 3 is 2.83 bits per heavy atom. The standard InChI is InChI=1S/C9H17NO2/c1-4-5-6-10-7-9(10,2)8(11)12-3/h4-7H2,1-3H3. The first kappa shape index (κ1) is 9.52. The van der Waals surface area contributed by atoms with E-state index in [-0.39, 0.29) is 11.5 Å². The number of rotatable bonds is 4. The van der Waals surface area contributed by atoms with Gasteiger partial charge in [0.05, 0.1) is 7.11 Å². The van der Waals surface area contributed by atoms with Crippen LogP contribution in [0, 0.1) is 0 Å². The van der Waals surface area contributed by atoms with Gasteiger partial charge in [-0.05, 0) is 19.9 Å². The van der Waals surface area contributed by atoms with Gasteiger partial charge in [0, 0.05) is 6.54 Å². The van der Waals surface area contributed by atoms with E-state index in [0.29, 0.717) is 0 Å². The Morgan fingerprint density at radius 2 is 2.33 bits per heavy atom. The molecule has 12 heavy (non-hydrogen) atoms. The van der Waals surface area contributed by atoms with Gasteiger partial charge in [-0.25, -0.2) is 0 Å². The molecule has 0 radical (unpaired) electrons. The van der Waals surface area contributed by atoms with Gasteiger partial charge in [0.25, 0.3) is 0 Å². The molecule has 1 rings (SSSR count). The van der Waals surface area contributed by atoms with E-state index in [0.717, 1.165) is 19.5 Å². The molecule has 0 N–H and O–H groups in total. The van der Waals surface area contributed by atoms with Gasteiger partial charge in [0.2, 0.25) is 0 Å². The van der Waals surface area contributed by atoms with Gasteiger partial charge in [-0.1, -0.05) is 13.3 Å². The second kappa shape index (κ2) is 3.44. The fourth-order valence-corrected chi connectivity index (χ4v) is 1.42. The third kappa shape index (κ3) is 1.61. The van der Waals surface area contributed by atoms with Crippen molar-refractivity contribution < 1.29 is 9.53 Å². The second-order valence-electron chi connectivity index (χ2n) is 3.54. The fourth-order valence-electron chi connectivity index (χ4n) is 1.42. The van der Waals surface area contributed by atoms with E-state index in [1.54, 1.807) is 0 Å². The summed E-state index contributed by atoms with van der Waals surface area (Å²) in [6.07, 6.45) is 2.33. The van der Waals surface area contributed by atoms with Gasteiger partial charge in [-0.3, -0.25) is 9.69 Å². The first-order chi connectivity index (χ1) is 5.65. The quantitative estimate of drug-likeness (QED) is 0.467. The Morgan fingerprint density at radius 1 is 1.67 bits per heavy atom. The number of hydrogen-bond acceptors (Lipinski definition) is 3. The molecule has 1 saturated heterocycles. The molecule has 1 aliphatic rings. The van der Waals surface area contributed by atoms with Crippen LogP contribution in [-0.4, -0.2) is 36.6 Å². The van der Waals surface area contributed by atoms with E-state index in [9.17, 15) is 4.79 Å². The summed E-state index contributed by atoms with van der Waals surface area (Å²) in [6.45, 7) is 5.97. The summed E-state index contributed by atoms with van der Waals surface area (Å²) in [6, 6.07) is 0. The number of nitrogens with zero attached hydrogens (tertiary/aromatic N) is 1. The number of unbranched alkanes of at least 4 members (excludes halogenated alkanes) is 1. The average molecular weight is 171 g/mol. The van der Waals surface area contributed by atoms with Crippen LogP contribution in [0.25, 0.3) is 0 Å². The molecule has 0 saturated carbocycles. The third-order valence-corrected chi connectivity index (χ3v) is 2.50. The lowest BCUT2D eigenvalue weighted by atomic mass is 10.2. The zero-order valence-corrected chi connectivity index (χ0v) is 8.09. The van der Waals surface area contributed by atoms with Crippen LogP contribution in [0.15, 0.2) is 0 Å². The molecular formula is C9H17NO2. The summed E-state index contributed by atoms with van der Waals surface area (Å²) >= 11 is 0. The molecule has 1 fully saturated rings. The smallest absolute Gasteiger partial charge is 0.327 e. The Kier molecular flexibility index (Phi) is 2.73. The number of esters is 1. The molecule has 0 aromatic rings. The first-order valence-corrected chi connectivity index (χ1v) is 4.48. The maximum Gasteiger partial charge on any atom is 0.327 e. The highest BCUT2D eigenvalue weighted by molar-refractivity contribution is 5.83. The third-order valence-electron chi connectivity index (χ3n) is 2.50. The van der Waals surface area contributed by atoms with Gasteiger partial charge in [-0.2, -0.15) is 0 Å². The molecule has 0 spiro atoms. The van der Waals surface area contributed by atoms with Gasteiger partial charge in [-0.15, -0.1) is 0 Å². The van der Waals surface area contributed by atoms with Gasteiger partial charge >= 0.3 is 5.97 Å². The topological polar surface area (TPSA) is 29.3 Å². The second-order valence-corrected chi connectivity index (χ2v) is 3.54. The lowest BCUT2D eigenvalue weighted by Gasteiger charge is -2.08. The molecule has 3 heteroatoms. The highest BCUT2D eigenvalue weighted by Crippen LogP contribution is 2.32. The van der Waals surface area contributed by atoms with Crippen LogP contribution in [0.2, 0.25) is 0 Å². The predicted molar refractivity (Wildman–Crippen MR) is 46.9 cm³/mol. The van der Waals surface area contributed by atoms with Gasteiger partial charge in [0.15, 0.2) is 0 Å². The molecule has 3 nitrogen and oxygen atoms in total. The van der Waals surface area contributed by atoms with Crippen molar-refractivity contribution in [3.8, 4) is 0 Å². The number of carbonyl (C=O) groups excluding carboxylic acids is 1. The van der Waals surface area contributed by atoms with Crippen molar-refractivity contribution in [3.05, 3.63) is 0 Å². The first-order valence-electron chi connectivity index (χ1n) is 4.48.